The van der Waals surface area contributed by atoms with E-state index in [-0.39, 0.29) is 5.91 Å². The highest BCUT2D eigenvalue weighted by Crippen LogP contribution is 2.33. The van der Waals surface area contributed by atoms with Gasteiger partial charge in [0.15, 0.2) is 17.2 Å². The molecule has 0 unspecified atom stereocenters. The maximum absolute atomic E-state index is 13.2. The third-order valence-corrected chi connectivity index (χ3v) is 5.29. The second-order valence-electron chi connectivity index (χ2n) is 6.14. The van der Waals surface area contributed by atoms with Crippen LogP contribution < -0.4 is 14.8 Å². The van der Waals surface area contributed by atoms with Crippen LogP contribution in [0.15, 0.2) is 36.4 Å². The molecule has 0 aliphatic heterocycles. The van der Waals surface area contributed by atoms with Crippen LogP contribution in [0.25, 0.3) is 11.3 Å². The Morgan fingerprint density at radius 2 is 1.97 bits per heavy atom. The van der Waals surface area contributed by atoms with E-state index in [4.69, 9.17) is 21.1 Å². The van der Waals surface area contributed by atoms with Crippen LogP contribution in [0, 0.1) is 6.92 Å². The molecule has 0 spiro atoms. The number of carbonyl (C=O) groups excluding carboxylic acids is 1. The molecule has 3 aromatic rings. The molecular formula is C20H21ClN4O3S. The van der Waals surface area contributed by atoms with Gasteiger partial charge < -0.3 is 14.8 Å². The highest BCUT2D eigenvalue weighted by Gasteiger charge is 2.23. The number of methoxy groups -OCH3 is 2. The average molecular weight is 433 g/mol. The van der Waals surface area contributed by atoms with Crippen molar-refractivity contribution in [1.82, 2.24) is 15.0 Å². The molecule has 152 valence electrons. The quantitative estimate of drug-likeness (QED) is 0.592. The maximum atomic E-state index is 13.2. The number of ether oxygens (including phenoxy) is 2. The number of nitrogens with zero attached hydrogens (tertiary/aromatic N) is 3. The van der Waals surface area contributed by atoms with E-state index in [0.717, 1.165) is 5.56 Å². The molecule has 9 heteroatoms. The van der Waals surface area contributed by atoms with E-state index in [9.17, 15) is 4.79 Å². The number of amides is 1. The highest BCUT2D eigenvalue weighted by molar-refractivity contribution is 7.97. The van der Waals surface area contributed by atoms with E-state index < -0.39 is 0 Å². The minimum absolute atomic E-state index is 0.320. The number of rotatable bonds is 7. The Kier molecular flexibility index (Phi) is 6.66. The van der Waals surface area contributed by atoms with Gasteiger partial charge in [0.05, 0.1) is 20.1 Å². The molecule has 29 heavy (non-hydrogen) atoms. The number of hydrogen-bond acceptors (Lipinski definition) is 6. The van der Waals surface area contributed by atoms with E-state index in [1.807, 2.05) is 19.2 Å². The summed E-state index contributed by atoms with van der Waals surface area (Å²) in [5.41, 5.74) is 2.93. The van der Waals surface area contributed by atoms with E-state index in [2.05, 4.69) is 15.6 Å². The molecule has 0 saturated heterocycles. The number of carbonyl (C=O) groups is 1. The summed E-state index contributed by atoms with van der Waals surface area (Å²) in [6.07, 6.45) is 1.93. The minimum Gasteiger partial charge on any atom is -0.493 e. The molecule has 1 aromatic heterocycles. The molecule has 1 heterocycles. The first kappa shape index (κ1) is 21.0. The Labute approximate surface area is 178 Å². The number of benzene rings is 2. The van der Waals surface area contributed by atoms with Crippen molar-refractivity contribution in [2.75, 3.05) is 25.8 Å². The highest BCUT2D eigenvalue weighted by atomic mass is 35.5. The van der Waals surface area contributed by atoms with Crippen molar-refractivity contribution in [3.8, 4) is 22.8 Å². The van der Waals surface area contributed by atoms with Crippen LogP contribution in [0.2, 0.25) is 5.02 Å². The monoisotopic (exact) mass is 432 g/mol. The van der Waals surface area contributed by atoms with Crippen LogP contribution in [0.5, 0.6) is 11.5 Å². The predicted molar refractivity (Wildman–Crippen MR) is 116 cm³/mol. The number of anilines is 1. The van der Waals surface area contributed by atoms with Crippen LogP contribution in [0.1, 0.15) is 16.1 Å². The van der Waals surface area contributed by atoms with Crippen LogP contribution in [0.4, 0.5) is 5.69 Å². The topological polar surface area (TPSA) is 78.3 Å². The standard InChI is InChI=1S/C20H21ClN4O3S/c1-12-14(21)6-5-7-15(12)22-20(26)19-18(23-24-25(19)11-29-4)13-8-9-16(27-2)17(10-13)28-3/h5-10H,11H2,1-4H3,(H,22,26). The van der Waals surface area contributed by atoms with Crippen molar-refractivity contribution in [3.05, 3.63) is 52.7 Å². The Hall–Kier alpha value is -2.71. The van der Waals surface area contributed by atoms with Crippen molar-refractivity contribution in [3.63, 3.8) is 0 Å². The van der Waals surface area contributed by atoms with Gasteiger partial charge >= 0.3 is 0 Å². The number of nitrogens with one attached hydrogen (secondary N) is 1. The van der Waals surface area contributed by atoms with Crippen molar-refractivity contribution < 1.29 is 14.3 Å². The van der Waals surface area contributed by atoms with Gasteiger partial charge in [0.25, 0.3) is 5.91 Å². The summed E-state index contributed by atoms with van der Waals surface area (Å²) >= 11 is 7.72. The molecule has 0 bridgehead atoms. The van der Waals surface area contributed by atoms with Gasteiger partial charge in [-0.2, -0.15) is 0 Å². The molecule has 7 nitrogen and oxygen atoms in total. The molecule has 3 rings (SSSR count). The Balaban J connectivity index is 2.05. The molecule has 0 fully saturated rings. The zero-order chi connectivity index (χ0) is 21.0. The zero-order valence-corrected chi connectivity index (χ0v) is 18.1. The van der Waals surface area contributed by atoms with Gasteiger partial charge in [0.2, 0.25) is 0 Å². The van der Waals surface area contributed by atoms with Crippen molar-refractivity contribution in [2.45, 2.75) is 12.8 Å². The van der Waals surface area contributed by atoms with Gasteiger partial charge in [-0.25, -0.2) is 4.68 Å². The molecule has 0 saturated carbocycles. The summed E-state index contributed by atoms with van der Waals surface area (Å²) < 4.78 is 12.2. The fourth-order valence-corrected chi connectivity index (χ4v) is 3.45. The van der Waals surface area contributed by atoms with Crippen LogP contribution >= 0.6 is 23.4 Å². The summed E-state index contributed by atoms with van der Waals surface area (Å²) in [7, 11) is 3.13. The lowest BCUT2D eigenvalue weighted by Gasteiger charge is -2.12. The Morgan fingerprint density at radius 3 is 2.66 bits per heavy atom. The molecule has 0 atom stereocenters. The predicted octanol–water partition coefficient (Wildman–Crippen LogP) is 4.50. The van der Waals surface area contributed by atoms with Crippen molar-refractivity contribution >= 4 is 35.0 Å². The average Bonchev–Trinajstić information content (AvgIpc) is 3.15. The summed E-state index contributed by atoms with van der Waals surface area (Å²) in [5.74, 6) is 1.30. The fourth-order valence-electron chi connectivity index (χ4n) is 2.85. The van der Waals surface area contributed by atoms with Crippen LogP contribution in [0.3, 0.4) is 0 Å². The van der Waals surface area contributed by atoms with Crippen molar-refractivity contribution in [1.29, 1.82) is 0 Å². The van der Waals surface area contributed by atoms with E-state index in [1.165, 1.54) is 11.8 Å². The zero-order valence-electron chi connectivity index (χ0n) is 16.5. The second kappa shape index (κ2) is 9.19. The van der Waals surface area contributed by atoms with Crippen LogP contribution in [-0.4, -0.2) is 41.4 Å². The fraction of sp³-hybridized carbons (Fsp3) is 0.250. The molecule has 1 N–H and O–H groups in total. The van der Waals surface area contributed by atoms with E-state index in [1.54, 1.807) is 49.2 Å². The third kappa shape index (κ3) is 4.33. The van der Waals surface area contributed by atoms with E-state index in [0.29, 0.717) is 45.0 Å². The minimum atomic E-state index is -0.320. The molecule has 0 radical (unpaired) electrons. The first-order valence-electron chi connectivity index (χ1n) is 8.71. The Bertz CT molecular complexity index is 1040. The van der Waals surface area contributed by atoms with Crippen molar-refractivity contribution in [2.24, 2.45) is 0 Å². The van der Waals surface area contributed by atoms with Gasteiger partial charge in [0.1, 0.15) is 5.69 Å². The first-order chi connectivity index (χ1) is 14.0. The number of aromatic nitrogens is 3. The Morgan fingerprint density at radius 1 is 1.21 bits per heavy atom. The number of thioether (sulfide) groups is 1. The molecule has 0 aliphatic carbocycles. The second-order valence-corrected chi connectivity index (χ2v) is 7.38. The smallest absolute Gasteiger partial charge is 0.276 e. The first-order valence-corrected chi connectivity index (χ1v) is 10.5. The molecule has 0 aliphatic rings. The lowest BCUT2D eigenvalue weighted by atomic mass is 10.1. The summed E-state index contributed by atoms with van der Waals surface area (Å²) in [6, 6.07) is 10.7. The SMILES string of the molecule is COc1ccc(-c2nnn(CSC)c2C(=O)Nc2cccc(Cl)c2C)cc1OC. The van der Waals surface area contributed by atoms with Gasteiger partial charge in [0, 0.05) is 16.3 Å². The van der Waals surface area contributed by atoms with Gasteiger partial charge in [-0.3, -0.25) is 4.79 Å². The van der Waals surface area contributed by atoms with Gasteiger partial charge in [-0.15, -0.1) is 16.9 Å². The van der Waals surface area contributed by atoms with E-state index >= 15 is 0 Å². The lowest BCUT2D eigenvalue weighted by molar-refractivity contribution is 0.101. The normalized spacial score (nSPS) is 10.7. The summed E-state index contributed by atoms with van der Waals surface area (Å²) in [6.45, 7) is 1.85. The molecule has 2 aromatic carbocycles. The van der Waals surface area contributed by atoms with Gasteiger partial charge in [-0.1, -0.05) is 22.9 Å². The molecular weight excluding hydrogens is 412 g/mol. The third-order valence-electron chi connectivity index (χ3n) is 4.37. The maximum Gasteiger partial charge on any atom is 0.276 e. The number of halogens is 1. The van der Waals surface area contributed by atoms with Gasteiger partial charge in [-0.05, 0) is 49.1 Å². The number of hydrogen-bond donors (Lipinski definition) is 1. The summed E-state index contributed by atoms with van der Waals surface area (Å²) in [5, 5.41) is 11.9. The van der Waals surface area contributed by atoms with Crippen LogP contribution in [-0.2, 0) is 5.88 Å². The largest absolute Gasteiger partial charge is 0.493 e. The lowest BCUT2D eigenvalue weighted by Crippen LogP contribution is -2.19. The summed E-state index contributed by atoms with van der Waals surface area (Å²) in [4.78, 5) is 13.2. The molecule has 1 amide bonds.